The Morgan fingerprint density at radius 3 is 2.30 bits per heavy atom. The zero-order chi connectivity index (χ0) is 28.6. The van der Waals surface area contributed by atoms with Crippen molar-refractivity contribution in [2.24, 2.45) is 0 Å². The number of carbonyl (C=O) groups excluding carboxylic acids is 3. The molecule has 1 fully saturated rings. The molecule has 1 aliphatic rings. The molecule has 0 atom stereocenters. The molecule has 0 radical (unpaired) electrons. The van der Waals surface area contributed by atoms with E-state index >= 15 is 0 Å². The second-order valence-corrected chi connectivity index (χ2v) is 10.5. The van der Waals surface area contributed by atoms with Gasteiger partial charge in [0.05, 0.1) is 11.1 Å². The van der Waals surface area contributed by atoms with E-state index < -0.39 is 26.2 Å². The number of phosphoric acid groups is 1. The van der Waals surface area contributed by atoms with Gasteiger partial charge in [0.15, 0.2) is 5.82 Å². The first-order valence-corrected chi connectivity index (χ1v) is 13.8. The van der Waals surface area contributed by atoms with Crippen molar-refractivity contribution in [3.63, 3.8) is 0 Å². The molecule has 4 heterocycles. The number of ketones is 1. The minimum absolute atomic E-state index is 0.0232. The van der Waals surface area contributed by atoms with Gasteiger partial charge in [-0.2, -0.15) is 5.10 Å². The molecule has 1 aromatic carbocycles. The molecule has 1 saturated heterocycles. The van der Waals surface area contributed by atoms with Crippen LogP contribution in [0.1, 0.15) is 32.1 Å². The number of carbonyl (C=O) groups is 3. The van der Waals surface area contributed by atoms with E-state index in [2.05, 4.69) is 15.1 Å². The number of hydrogen-bond donors (Lipinski definition) is 2. The first-order valence-electron chi connectivity index (χ1n) is 12.3. The van der Waals surface area contributed by atoms with Gasteiger partial charge >= 0.3 is 7.82 Å². The topological polar surface area (TPSA) is 173 Å². The quantitative estimate of drug-likeness (QED) is 0.189. The van der Waals surface area contributed by atoms with Crippen molar-refractivity contribution in [1.82, 2.24) is 34.1 Å². The minimum Gasteiger partial charge on any atom is -0.335 e. The highest BCUT2D eigenvalue weighted by atomic mass is 31.2. The Balaban J connectivity index is 1.45. The van der Waals surface area contributed by atoms with Crippen molar-refractivity contribution < 1.29 is 33.3 Å². The maximum absolute atomic E-state index is 13.6. The third kappa shape index (κ3) is 5.42. The fourth-order valence-corrected chi connectivity index (χ4v) is 4.92. The number of nitrogens with zero attached hydrogens (tertiary/aromatic N) is 7. The van der Waals surface area contributed by atoms with Gasteiger partial charge in [-0.1, -0.05) is 18.2 Å². The summed E-state index contributed by atoms with van der Waals surface area (Å²) in [7, 11) is -4.86. The van der Waals surface area contributed by atoms with Gasteiger partial charge in [-0.25, -0.2) is 19.2 Å². The fourth-order valence-electron chi connectivity index (χ4n) is 4.64. The molecule has 0 spiro atoms. The van der Waals surface area contributed by atoms with Crippen LogP contribution in [0.25, 0.3) is 16.7 Å². The number of aryl methyl sites for hydroxylation is 2. The van der Waals surface area contributed by atoms with Crippen molar-refractivity contribution in [2.45, 2.75) is 20.6 Å². The average Bonchev–Trinajstić information content (AvgIpc) is 3.55. The van der Waals surface area contributed by atoms with Gasteiger partial charge in [0.1, 0.15) is 18.9 Å². The number of amides is 2. The fraction of sp³-hybridized carbons (Fsp3) is 0.280. The lowest BCUT2D eigenvalue weighted by Gasteiger charge is -2.34. The number of Topliss-reactive ketones (excluding diaryl/α,β-unsaturated/α-hetero) is 1. The Morgan fingerprint density at radius 1 is 1.00 bits per heavy atom. The van der Waals surface area contributed by atoms with Gasteiger partial charge in [0.2, 0.25) is 0 Å². The van der Waals surface area contributed by atoms with E-state index in [1.807, 2.05) is 6.07 Å². The van der Waals surface area contributed by atoms with Crippen molar-refractivity contribution in [3.05, 3.63) is 71.6 Å². The van der Waals surface area contributed by atoms with Gasteiger partial charge in [0.25, 0.3) is 17.6 Å². The Bertz CT molecular complexity index is 1650. The number of phosphoric ester groups is 1. The summed E-state index contributed by atoms with van der Waals surface area (Å²) < 4.78 is 18.8. The molecule has 0 aliphatic carbocycles. The van der Waals surface area contributed by atoms with Gasteiger partial charge in [-0.3, -0.25) is 18.9 Å². The van der Waals surface area contributed by atoms with E-state index in [1.165, 1.54) is 32.9 Å². The van der Waals surface area contributed by atoms with E-state index in [0.717, 1.165) is 0 Å². The molecule has 5 rings (SSSR count). The van der Waals surface area contributed by atoms with Gasteiger partial charge in [-0.15, -0.1) is 0 Å². The van der Waals surface area contributed by atoms with Crippen molar-refractivity contribution in [1.29, 1.82) is 0 Å². The SMILES string of the molecule is Cc1ncn(-c2ncc(C)c3c(C(=O)C(=O)N4CCN(C(=O)c5ccccc5)CC4)cn(COP(=O)(O)O)c23)n1. The van der Waals surface area contributed by atoms with Crippen LogP contribution in [-0.4, -0.2) is 87.7 Å². The number of fused-ring (bicyclic) bond motifs is 1. The standard InChI is InChI=1S/C25H26N7O7P/c1-16-12-26-23(32-14-27-17(2)28-32)21-20(16)19(13-31(21)15-39-40(36,37)38)22(33)25(35)30-10-8-29(9-11-30)24(34)18-6-4-3-5-7-18/h3-7,12-14H,8-11,15H2,1-2H3,(H2,36,37,38). The lowest BCUT2D eigenvalue weighted by molar-refractivity contribution is -0.127. The van der Waals surface area contributed by atoms with Gasteiger partial charge < -0.3 is 24.2 Å². The van der Waals surface area contributed by atoms with Crippen molar-refractivity contribution >= 4 is 36.3 Å². The molecule has 15 heteroatoms. The van der Waals surface area contributed by atoms with Crippen LogP contribution in [0.2, 0.25) is 0 Å². The number of benzene rings is 1. The Kier molecular flexibility index (Phi) is 7.34. The highest BCUT2D eigenvalue weighted by Gasteiger charge is 2.32. The van der Waals surface area contributed by atoms with E-state index in [0.29, 0.717) is 22.3 Å². The summed E-state index contributed by atoms with van der Waals surface area (Å²) in [6.07, 6.45) is 4.24. The normalized spacial score (nSPS) is 14.1. The second kappa shape index (κ2) is 10.7. The first-order chi connectivity index (χ1) is 19.0. The van der Waals surface area contributed by atoms with Gasteiger partial charge in [0, 0.05) is 49.5 Å². The maximum Gasteiger partial charge on any atom is 0.471 e. The van der Waals surface area contributed by atoms with Crippen LogP contribution >= 0.6 is 7.82 Å². The van der Waals surface area contributed by atoms with Crippen LogP contribution in [0.4, 0.5) is 0 Å². The molecule has 3 aromatic heterocycles. The molecule has 208 valence electrons. The number of pyridine rings is 1. The highest BCUT2D eigenvalue weighted by molar-refractivity contribution is 7.46. The summed E-state index contributed by atoms with van der Waals surface area (Å²) in [4.78, 5) is 69.8. The summed E-state index contributed by atoms with van der Waals surface area (Å²) in [5.74, 6) is -1.02. The average molecular weight is 567 g/mol. The summed E-state index contributed by atoms with van der Waals surface area (Å²) in [5, 5.41) is 4.62. The molecule has 2 amide bonds. The lowest BCUT2D eigenvalue weighted by Crippen LogP contribution is -2.52. The predicted octanol–water partition coefficient (Wildman–Crippen LogP) is 1.47. The molecule has 0 saturated carbocycles. The molecule has 4 aromatic rings. The zero-order valence-electron chi connectivity index (χ0n) is 21.7. The summed E-state index contributed by atoms with van der Waals surface area (Å²) >= 11 is 0. The maximum atomic E-state index is 13.6. The van der Waals surface area contributed by atoms with Crippen LogP contribution in [0.15, 0.2) is 49.1 Å². The molecule has 0 unspecified atom stereocenters. The molecule has 1 aliphatic heterocycles. The third-order valence-electron chi connectivity index (χ3n) is 6.57. The van der Waals surface area contributed by atoms with Crippen LogP contribution < -0.4 is 0 Å². The van der Waals surface area contributed by atoms with Crippen LogP contribution in [0.3, 0.4) is 0 Å². The van der Waals surface area contributed by atoms with Crippen LogP contribution in [0, 0.1) is 13.8 Å². The van der Waals surface area contributed by atoms with E-state index in [1.54, 1.807) is 43.0 Å². The lowest BCUT2D eigenvalue weighted by atomic mass is 10.1. The first kappa shape index (κ1) is 27.3. The van der Waals surface area contributed by atoms with Crippen molar-refractivity contribution in [3.8, 4) is 5.82 Å². The largest absolute Gasteiger partial charge is 0.471 e. The van der Waals surface area contributed by atoms with Crippen LogP contribution in [0.5, 0.6) is 0 Å². The number of aromatic nitrogens is 5. The Labute approximate surface area is 228 Å². The predicted molar refractivity (Wildman–Crippen MR) is 141 cm³/mol. The summed E-state index contributed by atoms with van der Waals surface area (Å²) in [5.41, 5.74) is 1.41. The smallest absolute Gasteiger partial charge is 0.335 e. The van der Waals surface area contributed by atoms with E-state index in [9.17, 15) is 28.7 Å². The van der Waals surface area contributed by atoms with E-state index in [-0.39, 0.29) is 49.0 Å². The number of hydrogen-bond acceptors (Lipinski definition) is 8. The molecular weight excluding hydrogens is 541 g/mol. The molecular formula is C25H26N7O7P. The second-order valence-electron chi connectivity index (χ2n) is 9.27. The Morgan fingerprint density at radius 2 is 1.68 bits per heavy atom. The summed E-state index contributed by atoms with van der Waals surface area (Å²) in [6, 6.07) is 8.82. The molecule has 40 heavy (non-hydrogen) atoms. The Hall–Kier alpha value is -4.23. The third-order valence-corrected chi connectivity index (χ3v) is 7.02. The van der Waals surface area contributed by atoms with Crippen LogP contribution in [-0.2, 0) is 20.6 Å². The minimum atomic E-state index is -4.86. The molecule has 14 nitrogen and oxygen atoms in total. The van der Waals surface area contributed by atoms with Crippen molar-refractivity contribution in [2.75, 3.05) is 26.2 Å². The summed E-state index contributed by atoms with van der Waals surface area (Å²) in [6.45, 7) is 3.65. The molecule has 0 bridgehead atoms. The highest BCUT2D eigenvalue weighted by Crippen LogP contribution is 2.37. The number of piperazine rings is 1. The van der Waals surface area contributed by atoms with E-state index in [4.69, 9.17) is 4.52 Å². The monoisotopic (exact) mass is 567 g/mol. The zero-order valence-corrected chi connectivity index (χ0v) is 22.6. The van der Waals surface area contributed by atoms with Gasteiger partial charge in [-0.05, 0) is 31.5 Å². The number of rotatable bonds is 7. The molecule has 2 N–H and O–H groups in total.